The van der Waals surface area contributed by atoms with Crippen molar-refractivity contribution in [2.24, 2.45) is 36.1 Å². The molecule has 6 aromatic rings. The number of nitrogens with zero attached hydrogens (tertiary/aromatic N) is 4. The number of rotatable bonds is 8. The lowest BCUT2D eigenvalue weighted by atomic mass is 9.51. The second kappa shape index (κ2) is 14.4. The third-order valence-corrected chi connectivity index (χ3v) is 15.0. The molecule has 0 spiro atoms. The van der Waals surface area contributed by atoms with Gasteiger partial charge in [0.05, 0.1) is 33.7 Å². The number of hydrogen-bond acceptors (Lipinski definition) is 8. The number of allylic oxidation sites excluding steroid dienone is 2. The number of aryl methyl sites for hydroxylation is 2. The third-order valence-electron chi connectivity index (χ3n) is 13.4. The van der Waals surface area contributed by atoms with E-state index in [0.717, 1.165) is 37.2 Å². The summed E-state index contributed by atoms with van der Waals surface area (Å²) < 4.78 is 8.67. The number of hydrogen-bond donors (Lipinski definition) is 1. The van der Waals surface area contributed by atoms with Crippen molar-refractivity contribution in [3.05, 3.63) is 143 Å². The fourth-order valence-electron chi connectivity index (χ4n) is 10.4. The average molecular weight is 849 g/mol. The van der Waals surface area contributed by atoms with Crippen LogP contribution in [0.4, 0.5) is 11.5 Å². The van der Waals surface area contributed by atoms with Crippen LogP contribution >= 0.6 is 22.9 Å². The Morgan fingerprint density at radius 3 is 2.44 bits per heavy atom. The molecule has 10 nitrogen and oxygen atoms in total. The zero-order valence-corrected chi connectivity index (χ0v) is 35.2. The Kier molecular flexibility index (Phi) is 9.19. The summed E-state index contributed by atoms with van der Waals surface area (Å²) in [5.41, 5.74) is 3.72. The van der Waals surface area contributed by atoms with E-state index < -0.39 is 46.8 Å². The van der Waals surface area contributed by atoms with Gasteiger partial charge in [-0.15, -0.1) is 11.3 Å². The van der Waals surface area contributed by atoms with Gasteiger partial charge in [0.15, 0.2) is 0 Å². The third kappa shape index (κ3) is 5.92. The lowest BCUT2D eigenvalue weighted by molar-refractivity contribution is -0.131. The predicted molar refractivity (Wildman–Crippen MR) is 236 cm³/mol. The minimum absolute atomic E-state index is 0.0983. The Balaban J connectivity index is 1.06. The number of imide groups is 2. The first-order valence-electron chi connectivity index (χ1n) is 20.3. The molecule has 0 radical (unpaired) electrons. The number of thiophene rings is 1. The first-order valence-corrected chi connectivity index (χ1v) is 21.5. The molecule has 2 aromatic heterocycles. The number of aromatic hydroxyl groups is 1. The quantitative estimate of drug-likeness (QED) is 0.120. The highest BCUT2D eigenvalue weighted by Crippen LogP contribution is 2.64. The molecule has 1 saturated carbocycles. The van der Waals surface area contributed by atoms with Crippen LogP contribution in [0.25, 0.3) is 26.7 Å². The second-order valence-corrected chi connectivity index (χ2v) is 18.2. The molecule has 10 rings (SSSR count). The molecule has 4 aliphatic rings. The van der Waals surface area contributed by atoms with E-state index in [1.165, 1.54) is 15.9 Å². The number of anilines is 2. The van der Waals surface area contributed by atoms with Gasteiger partial charge in [-0.2, -0.15) is 5.10 Å². The van der Waals surface area contributed by atoms with Crippen molar-refractivity contribution in [1.29, 1.82) is 0 Å². The van der Waals surface area contributed by atoms with Gasteiger partial charge in [-0.05, 0) is 91.1 Å². The van der Waals surface area contributed by atoms with E-state index >= 15 is 9.59 Å². The molecule has 2 aliphatic heterocycles. The van der Waals surface area contributed by atoms with Gasteiger partial charge in [-0.3, -0.25) is 28.8 Å². The van der Waals surface area contributed by atoms with Gasteiger partial charge >= 0.3 is 0 Å². The molecule has 0 unspecified atom stereocenters. The first-order chi connectivity index (χ1) is 29.4. The molecule has 4 heterocycles. The highest BCUT2D eigenvalue weighted by molar-refractivity contribution is 7.22. The molecule has 2 saturated heterocycles. The summed E-state index contributed by atoms with van der Waals surface area (Å²) >= 11 is 7.91. The van der Waals surface area contributed by atoms with Crippen molar-refractivity contribution < 1.29 is 29.0 Å². The lowest BCUT2D eigenvalue weighted by Crippen LogP contribution is -2.49. The Morgan fingerprint density at radius 1 is 0.934 bits per heavy atom. The highest BCUT2D eigenvalue weighted by atomic mass is 35.5. The summed E-state index contributed by atoms with van der Waals surface area (Å²) in [4.78, 5) is 62.6. The van der Waals surface area contributed by atoms with Crippen molar-refractivity contribution in [3.63, 3.8) is 0 Å². The number of carbonyl (C=O) groups is 4. The SMILES string of the molecule is C=Cc1ccc(N2C(=O)[C@H]3[C@H](CC=C4[C@H]3C[C@H]3C(=O)N(c5cc(-c6sc7ccc(Cl)cc7c6C)nn5C)C(=O)[C@@]3(C)[C@H]4c3ccc(OCc4ccccc4)cc3O)C2=O)cc1. The van der Waals surface area contributed by atoms with Crippen LogP contribution in [0.1, 0.15) is 47.9 Å². The molecule has 4 amide bonds. The topological polar surface area (TPSA) is 122 Å². The summed E-state index contributed by atoms with van der Waals surface area (Å²) in [6, 6.07) is 29.4. The number of phenolic OH excluding ortho intramolecular Hbond substituents is 1. The minimum atomic E-state index is -1.38. The Morgan fingerprint density at radius 2 is 1.70 bits per heavy atom. The van der Waals surface area contributed by atoms with Gasteiger partial charge in [0.25, 0.3) is 0 Å². The summed E-state index contributed by atoms with van der Waals surface area (Å²) in [7, 11) is 1.71. The van der Waals surface area contributed by atoms with Gasteiger partial charge in [0.1, 0.15) is 29.6 Å². The fraction of sp³-hybridized carbons (Fsp3) is 0.245. The summed E-state index contributed by atoms with van der Waals surface area (Å²) in [5.74, 6) is -4.48. The molecule has 2 aliphatic carbocycles. The van der Waals surface area contributed by atoms with E-state index in [1.54, 1.807) is 66.4 Å². The summed E-state index contributed by atoms with van der Waals surface area (Å²) in [6.45, 7) is 7.91. The molecule has 6 atom stereocenters. The molecule has 4 aromatic carbocycles. The van der Waals surface area contributed by atoms with Crippen LogP contribution in [0.15, 0.2) is 115 Å². The lowest BCUT2D eigenvalue weighted by Gasteiger charge is -2.49. The van der Waals surface area contributed by atoms with Crippen molar-refractivity contribution in [2.45, 2.75) is 39.2 Å². The predicted octanol–water partition coefficient (Wildman–Crippen LogP) is 9.63. The number of ether oxygens (including phenoxy) is 1. The smallest absolute Gasteiger partial charge is 0.242 e. The van der Waals surface area contributed by atoms with E-state index in [4.69, 9.17) is 21.4 Å². The van der Waals surface area contributed by atoms with Gasteiger partial charge in [-0.25, -0.2) is 4.90 Å². The summed E-state index contributed by atoms with van der Waals surface area (Å²) in [5, 5.41) is 18.4. The van der Waals surface area contributed by atoms with Crippen LogP contribution in [0.5, 0.6) is 11.5 Å². The molecule has 12 heteroatoms. The minimum Gasteiger partial charge on any atom is -0.508 e. The molecular formula is C49H41ClN4O6S. The molecule has 306 valence electrons. The normalized spacial score (nSPS) is 24.5. The van der Waals surface area contributed by atoms with E-state index in [9.17, 15) is 14.7 Å². The number of halogens is 1. The monoisotopic (exact) mass is 848 g/mol. The zero-order chi connectivity index (χ0) is 42.5. The van der Waals surface area contributed by atoms with Gasteiger partial charge in [0, 0.05) is 40.4 Å². The van der Waals surface area contributed by atoms with E-state index in [0.29, 0.717) is 33.5 Å². The zero-order valence-electron chi connectivity index (χ0n) is 33.7. The molecule has 3 fully saturated rings. The first kappa shape index (κ1) is 38.9. The number of fused-ring (bicyclic) bond motifs is 5. The number of phenols is 1. The second-order valence-electron chi connectivity index (χ2n) is 16.7. The highest BCUT2D eigenvalue weighted by Gasteiger charge is 2.68. The largest absolute Gasteiger partial charge is 0.508 e. The average Bonchev–Trinajstić information content (AvgIpc) is 3.93. The molecule has 0 bridgehead atoms. The van der Waals surface area contributed by atoms with Gasteiger partial charge < -0.3 is 9.84 Å². The Labute approximate surface area is 361 Å². The van der Waals surface area contributed by atoms with E-state index in [1.807, 2.05) is 73.7 Å². The maximum atomic E-state index is 15.3. The van der Waals surface area contributed by atoms with Crippen LogP contribution in [0.3, 0.4) is 0 Å². The van der Waals surface area contributed by atoms with Gasteiger partial charge in [-0.1, -0.05) is 84.4 Å². The maximum absolute atomic E-state index is 15.3. The molecular weight excluding hydrogens is 808 g/mol. The van der Waals surface area contributed by atoms with Crippen molar-refractivity contribution in [2.75, 3.05) is 9.80 Å². The van der Waals surface area contributed by atoms with Crippen LogP contribution in [0.2, 0.25) is 5.02 Å². The number of amides is 4. The van der Waals surface area contributed by atoms with Crippen LogP contribution in [-0.4, -0.2) is 38.5 Å². The van der Waals surface area contributed by atoms with Crippen molar-refractivity contribution in [3.8, 4) is 22.1 Å². The standard InChI is InChI=1S/C49H41ClN4O6S/c1-5-27-11-14-30(15-12-27)53-45(56)34-19-18-32-36(42(34)47(53)58)23-37-46(57)54(41-24-38(51-52(41)4)44-26(2)35-21-29(50)13-20-40(35)61-44)48(59)49(37,3)43(32)33-17-16-31(22-39(33)55)60-25-28-9-7-6-8-10-28/h5-18,20-22,24,34,36-37,42-43,55H,1,19,23,25H2,2-4H3/t34-,36+,37-,42-,43+,49+/m0/s1. The molecule has 61 heavy (non-hydrogen) atoms. The van der Waals surface area contributed by atoms with Crippen LogP contribution in [0, 0.1) is 36.0 Å². The number of benzene rings is 4. The van der Waals surface area contributed by atoms with Crippen molar-refractivity contribution in [1.82, 2.24) is 9.78 Å². The molecule has 1 N–H and O–H groups in total. The van der Waals surface area contributed by atoms with Crippen molar-refractivity contribution >= 4 is 74.2 Å². The van der Waals surface area contributed by atoms with Gasteiger partial charge in [0.2, 0.25) is 23.6 Å². The van der Waals surface area contributed by atoms with E-state index in [2.05, 4.69) is 6.58 Å². The van der Waals surface area contributed by atoms with E-state index in [-0.39, 0.29) is 37.0 Å². The Hall–Kier alpha value is -6.30. The maximum Gasteiger partial charge on any atom is 0.242 e. The van der Waals surface area contributed by atoms with Crippen LogP contribution < -0.4 is 14.5 Å². The number of aromatic nitrogens is 2. The Bertz CT molecular complexity index is 2880. The summed E-state index contributed by atoms with van der Waals surface area (Å²) in [6.07, 6.45) is 4.12. The fourth-order valence-corrected chi connectivity index (χ4v) is 11.7. The number of carbonyl (C=O) groups excluding carboxylic acids is 4. The van der Waals surface area contributed by atoms with Crippen LogP contribution in [-0.2, 0) is 32.8 Å².